The Morgan fingerprint density at radius 1 is 0.964 bits per heavy atom. The fraction of sp³-hybridized carbons (Fsp3) is 0.0435. The van der Waals surface area contributed by atoms with Gasteiger partial charge in [-0.05, 0) is 54.1 Å². The van der Waals surface area contributed by atoms with Crippen molar-refractivity contribution in [2.24, 2.45) is 10.8 Å². The smallest absolute Gasteiger partial charge is 0.123 e. The number of pyridine rings is 1. The van der Waals surface area contributed by atoms with Gasteiger partial charge in [-0.3, -0.25) is 5.43 Å². The standard InChI is InChI=1S/C23H19FN4/c24-19-9-7-17(8-10-19)23-13-18(21-3-1-2-4-22(21)27-23)15-26-28-20-11-5-16(14-25)6-12-20/h1-13,15,28H,14,25H2. The number of nitrogens with two attached hydrogens (primary N) is 1. The molecular weight excluding hydrogens is 351 g/mol. The van der Waals surface area contributed by atoms with Gasteiger partial charge in [0, 0.05) is 23.1 Å². The summed E-state index contributed by atoms with van der Waals surface area (Å²) in [5, 5.41) is 5.37. The van der Waals surface area contributed by atoms with Gasteiger partial charge in [0.1, 0.15) is 5.82 Å². The molecule has 4 nitrogen and oxygen atoms in total. The van der Waals surface area contributed by atoms with E-state index in [4.69, 9.17) is 10.7 Å². The number of rotatable bonds is 5. The predicted molar refractivity (Wildman–Crippen MR) is 113 cm³/mol. The second kappa shape index (κ2) is 7.98. The minimum absolute atomic E-state index is 0.267. The zero-order chi connectivity index (χ0) is 19.3. The molecular formula is C23H19FN4. The molecule has 0 aliphatic rings. The maximum Gasteiger partial charge on any atom is 0.123 e. The van der Waals surface area contributed by atoms with Crippen molar-refractivity contribution in [1.82, 2.24) is 4.98 Å². The van der Waals surface area contributed by atoms with Crippen LogP contribution in [0.3, 0.4) is 0 Å². The Kier molecular flexibility index (Phi) is 5.08. The van der Waals surface area contributed by atoms with Crippen LogP contribution in [0.25, 0.3) is 22.2 Å². The maximum atomic E-state index is 13.3. The van der Waals surface area contributed by atoms with Gasteiger partial charge in [0.15, 0.2) is 0 Å². The largest absolute Gasteiger partial charge is 0.326 e. The molecule has 138 valence electrons. The van der Waals surface area contributed by atoms with Crippen molar-refractivity contribution >= 4 is 22.8 Å². The molecule has 0 atom stereocenters. The number of aromatic nitrogens is 1. The Labute approximate surface area is 162 Å². The van der Waals surface area contributed by atoms with Crippen LogP contribution in [0.15, 0.2) is 84.0 Å². The van der Waals surface area contributed by atoms with Gasteiger partial charge in [0.05, 0.1) is 23.1 Å². The van der Waals surface area contributed by atoms with Gasteiger partial charge < -0.3 is 5.73 Å². The first-order valence-electron chi connectivity index (χ1n) is 8.97. The number of nitrogens with zero attached hydrogens (tertiary/aromatic N) is 2. The van der Waals surface area contributed by atoms with Gasteiger partial charge in [-0.25, -0.2) is 9.37 Å². The summed E-state index contributed by atoms with van der Waals surface area (Å²) in [7, 11) is 0. The number of hydrazone groups is 1. The molecule has 0 aliphatic heterocycles. The number of nitrogens with one attached hydrogen (secondary N) is 1. The minimum Gasteiger partial charge on any atom is -0.326 e. The molecule has 3 N–H and O–H groups in total. The van der Waals surface area contributed by atoms with Gasteiger partial charge in [-0.15, -0.1) is 0 Å². The van der Waals surface area contributed by atoms with Crippen LogP contribution < -0.4 is 11.2 Å². The van der Waals surface area contributed by atoms with E-state index in [1.807, 2.05) is 54.6 Å². The summed E-state index contributed by atoms with van der Waals surface area (Å²) in [6.45, 7) is 0.513. The van der Waals surface area contributed by atoms with Gasteiger partial charge in [0.2, 0.25) is 0 Å². The number of hydrogen-bond donors (Lipinski definition) is 2. The van der Waals surface area contributed by atoms with E-state index >= 15 is 0 Å². The number of anilines is 1. The van der Waals surface area contributed by atoms with Crippen LogP contribution in [-0.2, 0) is 6.54 Å². The Morgan fingerprint density at radius 2 is 1.71 bits per heavy atom. The predicted octanol–water partition coefficient (Wildman–Crippen LogP) is 4.95. The Balaban J connectivity index is 1.67. The van der Waals surface area contributed by atoms with Gasteiger partial charge >= 0.3 is 0 Å². The first-order chi connectivity index (χ1) is 13.7. The molecule has 28 heavy (non-hydrogen) atoms. The van der Waals surface area contributed by atoms with Crippen LogP contribution in [0.2, 0.25) is 0 Å². The fourth-order valence-corrected chi connectivity index (χ4v) is 2.97. The number of hydrogen-bond acceptors (Lipinski definition) is 4. The second-order valence-electron chi connectivity index (χ2n) is 6.39. The lowest BCUT2D eigenvalue weighted by molar-refractivity contribution is 0.628. The zero-order valence-electron chi connectivity index (χ0n) is 15.1. The zero-order valence-corrected chi connectivity index (χ0v) is 15.1. The van der Waals surface area contributed by atoms with Crippen LogP contribution >= 0.6 is 0 Å². The first-order valence-corrected chi connectivity index (χ1v) is 8.97. The summed E-state index contributed by atoms with van der Waals surface area (Å²) in [6, 6.07) is 24.0. The van der Waals surface area contributed by atoms with E-state index in [-0.39, 0.29) is 5.82 Å². The molecule has 4 rings (SSSR count). The Hall–Kier alpha value is -3.57. The SMILES string of the molecule is NCc1ccc(NN=Cc2cc(-c3ccc(F)cc3)nc3ccccc23)cc1. The van der Waals surface area contributed by atoms with Gasteiger partial charge in [-0.1, -0.05) is 30.3 Å². The quantitative estimate of drug-likeness (QED) is 0.386. The van der Waals surface area contributed by atoms with Crippen molar-refractivity contribution in [1.29, 1.82) is 0 Å². The summed E-state index contributed by atoms with van der Waals surface area (Å²) in [5.74, 6) is -0.267. The van der Waals surface area contributed by atoms with E-state index in [1.54, 1.807) is 18.3 Å². The molecule has 0 saturated carbocycles. The minimum atomic E-state index is -0.267. The summed E-state index contributed by atoms with van der Waals surface area (Å²) in [6.07, 6.45) is 1.77. The van der Waals surface area contributed by atoms with Crippen LogP contribution in [-0.4, -0.2) is 11.2 Å². The number of halogens is 1. The van der Waals surface area contributed by atoms with Crippen molar-refractivity contribution in [3.8, 4) is 11.3 Å². The lowest BCUT2D eigenvalue weighted by atomic mass is 10.0. The maximum absolute atomic E-state index is 13.3. The molecule has 1 heterocycles. The van der Waals surface area contributed by atoms with E-state index < -0.39 is 0 Å². The van der Waals surface area contributed by atoms with E-state index in [9.17, 15) is 4.39 Å². The normalized spacial score (nSPS) is 11.2. The molecule has 1 aromatic heterocycles. The molecule has 0 aliphatic carbocycles. The summed E-state index contributed by atoms with van der Waals surface area (Å²) < 4.78 is 13.3. The summed E-state index contributed by atoms with van der Waals surface area (Å²) >= 11 is 0. The molecule has 0 radical (unpaired) electrons. The third-order valence-electron chi connectivity index (χ3n) is 4.48. The van der Waals surface area contributed by atoms with Crippen molar-refractivity contribution in [2.75, 3.05) is 5.43 Å². The summed E-state index contributed by atoms with van der Waals surface area (Å²) in [4.78, 5) is 4.70. The highest BCUT2D eigenvalue weighted by Gasteiger charge is 2.06. The fourth-order valence-electron chi connectivity index (χ4n) is 2.97. The Bertz CT molecular complexity index is 1120. The van der Waals surface area contributed by atoms with Crippen LogP contribution in [0.4, 0.5) is 10.1 Å². The summed E-state index contributed by atoms with van der Waals surface area (Å²) in [5.41, 5.74) is 14.0. The van der Waals surface area contributed by atoms with Crippen LogP contribution in [0, 0.1) is 5.82 Å². The average molecular weight is 370 g/mol. The molecule has 3 aromatic carbocycles. The highest BCUT2D eigenvalue weighted by Crippen LogP contribution is 2.24. The Morgan fingerprint density at radius 3 is 2.46 bits per heavy atom. The molecule has 0 fully saturated rings. The molecule has 0 bridgehead atoms. The van der Waals surface area contributed by atoms with Crippen molar-refractivity contribution in [3.05, 3.63) is 95.8 Å². The van der Waals surface area contributed by atoms with E-state index in [2.05, 4.69) is 10.5 Å². The molecule has 0 spiro atoms. The first kappa shape index (κ1) is 17.8. The highest BCUT2D eigenvalue weighted by molar-refractivity contribution is 6.00. The molecule has 0 unspecified atom stereocenters. The van der Waals surface area contributed by atoms with Gasteiger partial charge in [-0.2, -0.15) is 5.10 Å². The highest BCUT2D eigenvalue weighted by atomic mass is 19.1. The third-order valence-corrected chi connectivity index (χ3v) is 4.48. The van der Waals surface area contributed by atoms with E-state index in [0.717, 1.165) is 39.0 Å². The van der Waals surface area contributed by atoms with Crippen molar-refractivity contribution in [3.63, 3.8) is 0 Å². The van der Waals surface area contributed by atoms with Crippen LogP contribution in [0.1, 0.15) is 11.1 Å². The monoisotopic (exact) mass is 370 g/mol. The average Bonchev–Trinajstić information content (AvgIpc) is 2.74. The molecule has 5 heteroatoms. The van der Waals surface area contributed by atoms with E-state index in [0.29, 0.717) is 6.54 Å². The number of para-hydroxylation sites is 1. The number of fused-ring (bicyclic) bond motifs is 1. The second-order valence-corrected chi connectivity index (χ2v) is 6.39. The van der Waals surface area contributed by atoms with Crippen molar-refractivity contribution in [2.45, 2.75) is 6.54 Å². The molecule has 0 amide bonds. The van der Waals surface area contributed by atoms with Crippen LogP contribution in [0.5, 0.6) is 0 Å². The number of benzene rings is 3. The van der Waals surface area contributed by atoms with E-state index in [1.165, 1.54) is 12.1 Å². The van der Waals surface area contributed by atoms with Gasteiger partial charge in [0.25, 0.3) is 0 Å². The third kappa shape index (κ3) is 3.89. The van der Waals surface area contributed by atoms with Crippen molar-refractivity contribution < 1.29 is 4.39 Å². The molecule has 4 aromatic rings. The lowest BCUT2D eigenvalue weighted by Gasteiger charge is -2.07. The molecule has 0 saturated heterocycles. The topological polar surface area (TPSA) is 63.3 Å². The lowest BCUT2D eigenvalue weighted by Crippen LogP contribution is -1.97.